The highest BCUT2D eigenvalue weighted by molar-refractivity contribution is 4.74. The van der Waals surface area contributed by atoms with Crippen LogP contribution in [0.15, 0.2) is 0 Å². The predicted molar refractivity (Wildman–Crippen MR) is 44.5 cm³/mol. The minimum absolute atomic E-state index is 0. The van der Waals surface area contributed by atoms with E-state index in [1.165, 1.54) is 0 Å². The average Bonchev–Trinajstić information content (AvgIpc) is 1.88. The summed E-state index contributed by atoms with van der Waals surface area (Å²) >= 11 is 0. The second-order valence-electron chi connectivity index (χ2n) is 3.33. The third kappa shape index (κ3) is 3.16. The Kier molecular flexibility index (Phi) is 4.61. The molecule has 1 heterocycles. The standard InChI is InChI=1S/C8H16FN.H2O/c1-7(2)10-5-3-4-8(9)6-10;/h7-8H,3-6H2,1-2H3;1H2/t8-;/m0./s1. The summed E-state index contributed by atoms with van der Waals surface area (Å²) in [6, 6.07) is 0.513. The van der Waals surface area contributed by atoms with Crippen LogP contribution in [0.3, 0.4) is 0 Å². The highest BCUT2D eigenvalue weighted by Gasteiger charge is 2.20. The van der Waals surface area contributed by atoms with E-state index in [1.54, 1.807) is 0 Å². The molecule has 2 N–H and O–H groups in total. The molecule has 0 bridgehead atoms. The number of alkyl halides is 1. The zero-order chi connectivity index (χ0) is 7.56. The van der Waals surface area contributed by atoms with Crippen LogP contribution in [0, 0.1) is 0 Å². The van der Waals surface area contributed by atoms with Gasteiger partial charge in [0, 0.05) is 12.6 Å². The lowest BCUT2D eigenvalue weighted by atomic mass is 10.1. The van der Waals surface area contributed by atoms with Crippen molar-refractivity contribution in [2.45, 2.75) is 38.9 Å². The van der Waals surface area contributed by atoms with Gasteiger partial charge in [0.1, 0.15) is 6.17 Å². The maximum atomic E-state index is 12.8. The zero-order valence-electron chi connectivity index (χ0n) is 7.31. The van der Waals surface area contributed by atoms with Crippen molar-refractivity contribution in [3.8, 4) is 0 Å². The van der Waals surface area contributed by atoms with Crippen molar-refractivity contribution in [3.05, 3.63) is 0 Å². The fourth-order valence-electron chi connectivity index (χ4n) is 1.42. The molecule has 3 heteroatoms. The molecule has 0 aliphatic carbocycles. The number of hydrogen-bond acceptors (Lipinski definition) is 1. The van der Waals surface area contributed by atoms with Gasteiger partial charge in [0.15, 0.2) is 0 Å². The minimum atomic E-state index is -0.573. The number of hydrogen-bond donors (Lipinski definition) is 0. The second-order valence-corrected chi connectivity index (χ2v) is 3.33. The Morgan fingerprint density at radius 3 is 2.45 bits per heavy atom. The third-order valence-corrected chi connectivity index (χ3v) is 2.13. The van der Waals surface area contributed by atoms with Crippen molar-refractivity contribution >= 4 is 0 Å². The van der Waals surface area contributed by atoms with Gasteiger partial charge in [-0.15, -0.1) is 0 Å². The summed E-state index contributed by atoms with van der Waals surface area (Å²) < 4.78 is 12.8. The smallest absolute Gasteiger partial charge is 0.113 e. The van der Waals surface area contributed by atoms with Crippen molar-refractivity contribution in [2.75, 3.05) is 13.1 Å². The topological polar surface area (TPSA) is 34.7 Å². The molecule has 1 fully saturated rings. The molecule has 0 aromatic heterocycles. The van der Waals surface area contributed by atoms with Crippen LogP contribution in [0.2, 0.25) is 0 Å². The van der Waals surface area contributed by atoms with Crippen molar-refractivity contribution in [1.82, 2.24) is 4.90 Å². The molecule has 1 aliphatic heterocycles. The Balaban J connectivity index is 0.000001000. The number of halogens is 1. The summed E-state index contributed by atoms with van der Waals surface area (Å²) in [5.74, 6) is 0. The van der Waals surface area contributed by atoms with Gasteiger partial charge in [-0.3, -0.25) is 4.90 Å². The first-order chi connectivity index (χ1) is 4.70. The van der Waals surface area contributed by atoms with Crippen LogP contribution < -0.4 is 0 Å². The van der Waals surface area contributed by atoms with Gasteiger partial charge in [0.2, 0.25) is 0 Å². The van der Waals surface area contributed by atoms with Crippen molar-refractivity contribution in [2.24, 2.45) is 0 Å². The van der Waals surface area contributed by atoms with E-state index in [-0.39, 0.29) is 5.48 Å². The number of nitrogens with zero attached hydrogens (tertiary/aromatic N) is 1. The van der Waals surface area contributed by atoms with Crippen LogP contribution in [0.25, 0.3) is 0 Å². The Morgan fingerprint density at radius 1 is 1.45 bits per heavy atom. The quantitative estimate of drug-likeness (QED) is 0.568. The average molecular weight is 163 g/mol. The molecule has 1 rings (SSSR count). The molecule has 0 spiro atoms. The lowest BCUT2D eigenvalue weighted by Gasteiger charge is -2.31. The van der Waals surface area contributed by atoms with E-state index < -0.39 is 6.17 Å². The van der Waals surface area contributed by atoms with Crippen LogP contribution in [-0.4, -0.2) is 35.7 Å². The fourth-order valence-corrected chi connectivity index (χ4v) is 1.42. The lowest BCUT2D eigenvalue weighted by molar-refractivity contribution is 0.112. The minimum Gasteiger partial charge on any atom is -0.412 e. The molecule has 1 aliphatic rings. The van der Waals surface area contributed by atoms with Gasteiger partial charge in [-0.2, -0.15) is 0 Å². The Morgan fingerprint density at radius 2 is 2.09 bits per heavy atom. The first kappa shape index (κ1) is 10.8. The van der Waals surface area contributed by atoms with Crippen LogP contribution in [0.5, 0.6) is 0 Å². The third-order valence-electron chi connectivity index (χ3n) is 2.13. The summed E-state index contributed by atoms with van der Waals surface area (Å²) in [6.07, 6.45) is 1.22. The first-order valence-corrected chi connectivity index (χ1v) is 4.08. The summed E-state index contributed by atoms with van der Waals surface area (Å²) in [5.41, 5.74) is 0. The largest absolute Gasteiger partial charge is 0.412 e. The Bertz CT molecular complexity index is 108. The van der Waals surface area contributed by atoms with E-state index in [2.05, 4.69) is 18.7 Å². The highest BCUT2D eigenvalue weighted by atomic mass is 19.1. The normalized spacial score (nSPS) is 26.7. The van der Waals surface area contributed by atoms with Gasteiger partial charge in [0.05, 0.1) is 0 Å². The van der Waals surface area contributed by atoms with Crippen LogP contribution in [0.4, 0.5) is 4.39 Å². The molecular weight excluding hydrogens is 145 g/mol. The molecular formula is C8H18FNO. The first-order valence-electron chi connectivity index (χ1n) is 4.08. The van der Waals surface area contributed by atoms with Gasteiger partial charge in [0.25, 0.3) is 0 Å². The number of rotatable bonds is 1. The summed E-state index contributed by atoms with van der Waals surface area (Å²) in [5, 5.41) is 0. The molecule has 0 aromatic rings. The zero-order valence-corrected chi connectivity index (χ0v) is 7.31. The van der Waals surface area contributed by atoms with Crippen LogP contribution in [-0.2, 0) is 0 Å². The van der Waals surface area contributed by atoms with Crippen molar-refractivity contribution in [3.63, 3.8) is 0 Å². The molecule has 0 aromatic carbocycles. The van der Waals surface area contributed by atoms with E-state index in [1.807, 2.05) is 0 Å². The van der Waals surface area contributed by atoms with Gasteiger partial charge < -0.3 is 5.48 Å². The highest BCUT2D eigenvalue weighted by Crippen LogP contribution is 2.14. The summed E-state index contributed by atoms with van der Waals surface area (Å²) in [7, 11) is 0. The van der Waals surface area contributed by atoms with E-state index in [4.69, 9.17) is 0 Å². The second kappa shape index (κ2) is 4.67. The van der Waals surface area contributed by atoms with E-state index in [0.717, 1.165) is 19.4 Å². The Labute approximate surface area is 67.7 Å². The van der Waals surface area contributed by atoms with Gasteiger partial charge >= 0.3 is 0 Å². The molecule has 11 heavy (non-hydrogen) atoms. The van der Waals surface area contributed by atoms with Crippen molar-refractivity contribution < 1.29 is 9.87 Å². The number of piperidine rings is 1. The SMILES string of the molecule is CC(C)N1CCC[C@H](F)C1.O. The van der Waals surface area contributed by atoms with Crippen LogP contribution in [0.1, 0.15) is 26.7 Å². The molecule has 0 radical (unpaired) electrons. The molecule has 68 valence electrons. The van der Waals surface area contributed by atoms with Gasteiger partial charge in [-0.05, 0) is 33.2 Å². The van der Waals surface area contributed by atoms with E-state index in [9.17, 15) is 4.39 Å². The summed E-state index contributed by atoms with van der Waals surface area (Å²) in [4.78, 5) is 2.20. The Hall–Kier alpha value is -0.150. The lowest BCUT2D eigenvalue weighted by Crippen LogP contribution is -2.40. The predicted octanol–water partition coefficient (Wildman–Crippen LogP) is 1.00. The molecule has 0 saturated carbocycles. The van der Waals surface area contributed by atoms with Crippen LogP contribution >= 0.6 is 0 Å². The van der Waals surface area contributed by atoms with E-state index in [0.29, 0.717) is 12.6 Å². The molecule has 0 unspecified atom stereocenters. The fraction of sp³-hybridized carbons (Fsp3) is 1.00. The van der Waals surface area contributed by atoms with E-state index >= 15 is 0 Å². The summed E-state index contributed by atoms with van der Waals surface area (Å²) in [6.45, 7) is 5.98. The molecule has 0 amide bonds. The monoisotopic (exact) mass is 163 g/mol. The van der Waals surface area contributed by atoms with Gasteiger partial charge in [-0.1, -0.05) is 0 Å². The molecule has 2 nitrogen and oxygen atoms in total. The molecule has 1 atom stereocenters. The molecule has 1 saturated heterocycles. The maximum Gasteiger partial charge on any atom is 0.113 e. The van der Waals surface area contributed by atoms with Crippen molar-refractivity contribution in [1.29, 1.82) is 0 Å². The number of likely N-dealkylation sites (tertiary alicyclic amines) is 1. The maximum absolute atomic E-state index is 12.8. The van der Waals surface area contributed by atoms with Gasteiger partial charge in [-0.25, -0.2) is 4.39 Å².